The van der Waals surface area contributed by atoms with Crippen LogP contribution in [0, 0.1) is 8.93 Å². The normalized spacial score (nSPS) is 20.4. The summed E-state index contributed by atoms with van der Waals surface area (Å²) >= 11 is 3.67. The van der Waals surface area contributed by atoms with Gasteiger partial charge in [-0.15, -0.1) is 0 Å². The van der Waals surface area contributed by atoms with E-state index in [1.54, 1.807) is 7.11 Å². The minimum atomic E-state index is 0.116. The van der Waals surface area contributed by atoms with Crippen molar-refractivity contribution >= 4 is 34.1 Å². The van der Waals surface area contributed by atoms with Gasteiger partial charge in [0.2, 0.25) is 0 Å². The lowest BCUT2D eigenvalue weighted by Gasteiger charge is -2.27. The summed E-state index contributed by atoms with van der Waals surface area (Å²) in [5.41, 5.74) is 0. The van der Waals surface area contributed by atoms with Gasteiger partial charge in [-0.2, -0.15) is 4.37 Å². The van der Waals surface area contributed by atoms with Gasteiger partial charge in [-0.1, -0.05) is 19.3 Å². The van der Waals surface area contributed by atoms with Crippen LogP contribution in [0.25, 0.3) is 0 Å². The lowest BCUT2D eigenvalue weighted by Crippen LogP contribution is -2.19. The van der Waals surface area contributed by atoms with Crippen molar-refractivity contribution < 1.29 is 4.74 Å². The van der Waals surface area contributed by atoms with E-state index in [0.29, 0.717) is 5.92 Å². The molecule has 0 radical (unpaired) electrons. The molecule has 0 N–H and O–H groups in total. The summed E-state index contributed by atoms with van der Waals surface area (Å²) in [6.07, 6.45) is 6.65. The van der Waals surface area contributed by atoms with Crippen LogP contribution < -0.4 is 0 Å². The molecule has 1 unspecified atom stereocenters. The molecule has 0 bridgehead atoms. The first-order valence-electron chi connectivity index (χ1n) is 5.33. The zero-order chi connectivity index (χ0) is 10.7. The Morgan fingerprint density at radius 1 is 1.40 bits per heavy atom. The summed E-state index contributed by atoms with van der Waals surface area (Å²) in [7, 11) is 1.77. The first-order valence-corrected chi connectivity index (χ1v) is 7.18. The SMILES string of the molecule is COC(c1nsc(I)n1)C1CCCCC1. The largest absolute Gasteiger partial charge is 0.373 e. The average Bonchev–Trinajstić information content (AvgIpc) is 2.68. The van der Waals surface area contributed by atoms with Crippen molar-refractivity contribution in [2.24, 2.45) is 5.92 Å². The predicted octanol–water partition coefficient (Wildman–Crippen LogP) is 3.41. The van der Waals surface area contributed by atoms with Crippen LogP contribution in [0.1, 0.15) is 44.0 Å². The quantitative estimate of drug-likeness (QED) is 0.793. The Morgan fingerprint density at radius 2 is 2.13 bits per heavy atom. The fraction of sp³-hybridized carbons (Fsp3) is 0.800. The van der Waals surface area contributed by atoms with Crippen molar-refractivity contribution in [1.82, 2.24) is 9.36 Å². The molecule has 1 aromatic rings. The molecule has 5 heteroatoms. The van der Waals surface area contributed by atoms with Crippen molar-refractivity contribution in [1.29, 1.82) is 0 Å². The Labute approximate surface area is 108 Å². The van der Waals surface area contributed by atoms with E-state index in [-0.39, 0.29) is 6.10 Å². The smallest absolute Gasteiger partial charge is 0.174 e. The Kier molecular flexibility index (Phi) is 4.33. The molecule has 84 valence electrons. The van der Waals surface area contributed by atoms with Crippen LogP contribution in [0.2, 0.25) is 0 Å². The van der Waals surface area contributed by atoms with Gasteiger partial charge in [0.05, 0.1) is 0 Å². The third kappa shape index (κ3) is 2.88. The van der Waals surface area contributed by atoms with E-state index < -0.39 is 0 Å². The van der Waals surface area contributed by atoms with E-state index in [9.17, 15) is 0 Å². The van der Waals surface area contributed by atoms with Crippen molar-refractivity contribution in [2.75, 3.05) is 7.11 Å². The second-order valence-corrected chi connectivity index (χ2v) is 6.47. The molecular weight excluding hydrogens is 323 g/mol. The second kappa shape index (κ2) is 5.54. The summed E-state index contributed by atoms with van der Waals surface area (Å²) in [6, 6.07) is 0. The molecule has 2 rings (SSSR count). The van der Waals surface area contributed by atoms with E-state index >= 15 is 0 Å². The molecule has 0 spiro atoms. The van der Waals surface area contributed by atoms with E-state index in [0.717, 1.165) is 8.84 Å². The minimum Gasteiger partial charge on any atom is -0.373 e. The molecule has 1 aromatic heterocycles. The minimum absolute atomic E-state index is 0.116. The zero-order valence-electron chi connectivity index (χ0n) is 8.78. The summed E-state index contributed by atoms with van der Waals surface area (Å²) in [4.78, 5) is 4.43. The van der Waals surface area contributed by atoms with Gasteiger partial charge in [0.1, 0.15) is 6.10 Å². The molecule has 1 aliphatic carbocycles. The molecule has 0 aromatic carbocycles. The maximum absolute atomic E-state index is 5.57. The fourth-order valence-corrected chi connectivity index (χ4v) is 3.27. The number of halogens is 1. The van der Waals surface area contributed by atoms with Gasteiger partial charge in [0.15, 0.2) is 8.84 Å². The van der Waals surface area contributed by atoms with E-state index in [2.05, 4.69) is 31.9 Å². The van der Waals surface area contributed by atoms with E-state index in [4.69, 9.17) is 4.74 Å². The van der Waals surface area contributed by atoms with E-state index in [1.165, 1.54) is 43.6 Å². The number of methoxy groups -OCH3 is 1. The Balaban J connectivity index is 2.08. The molecule has 0 saturated heterocycles. The third-order valence-electron chi connectivity index (χ3n) is 3.00. The fourth-order valence-electron chi connectivity index (χ4n) is 2.28. The van der Waals surface area contributed by atoms with Crippen LogP contribution >= 0.6 is 34.1 Å². The first-order chi connectivity index (χ1) is 7.31. The summed E-state index contributed by atoms with van der Waals surface area (Å²) < 4.78 is 10.9. The Morgan fingerprint density at radius 3 is 2.67 bits per heavy atom. The monoisotopic (exact) mass is 338 g/mol. The van der Waals surface area contributed by atoms with Gasteiger partial charge in [0.25, 0.3) is 0 Å². The number of aromatic nitrogens is 2. The molecule has 1 fully saturated rings. The topological polar surface area (TPSA) is 35.0 Å². The second-order valence-electron chi connectivity index (χ2n) is 3.96. The van der Waals surface area contributed by atoms with Gasteiger partial charge in [-0.05, 0) is 52.9 Å². The summed E-state index contributed by atoms with van der Waals surface area (Å²) in [5.74, 6) is 1.51. The lowest BCUT2D eigenvalue weighted by atomic mass is 9.85. The Bertz CT molecular complexity index is 312. The van der Waals surface area contributed by atoms with E-state index in [1.807, 2.05) is 0 Å². The number of rotatable bonds is 3. The van der Waals surface area contributed by atoms with Crippen LogP contribution in [0.15, 0.2) is 0 Å². The number of nitrogens with zero attached hydrogens (tertiary/aromatic N) is 2. The molecule has 1 saturated carbocycles. The van der Waals surface area contributed by atoms with Gasteiger partial charge in [0, 0.05) is 7.11 Å². The van der Waals surface area contributed by atoms with Crippen molar-refractivity contribution in [3.8, 4) is 0 Å². The van der Waals surface area contributed by atoms with Gasteiger partial charge < -0.3 is 4.74 Å². The van der Waals surface area contributed by atoms with Crippen LogP contribution in [0.3, 0.4) is 0 Å². The van der Waals surface area contributed by atoms with Gasteiger partial charge in [-0.3, -0.25) is 0 Å². The molecule has 1 atom stereocenters. The third-order valence-corrected chi connectivity index (χ3v) is 4.36. The predicted molar refractivity (Wildman–Crippen MR) is 69.0 cm³/mol. The van der Waals surface area contributed by atoms with Crippen molar-refractivity contribution in [3.63, 3.8) is 0 Å². The van der Waals surface area contributed by atoms with Crippen LogP contribution in [-0.4, -0.2) is 16.5 Å². The van der Waals surface area contributed by atoms with Crippen molar-refractivity contribution in [3.05, 3.63) is 8.84 Å². The van der Waals surface area contributed by atoms with Crippen LogP contribution in [0.5, 0.6) is 0 Å². The molecule has 3 nitrogen and oxygen atoms in total. The average molecular weight is 338 g/mol. The molecule has 15 heavy (non-hydrogen) atoms. The number of hydrogen-bond acceptors (Lipinski definition) is 4. The first kappa shape index (κ1) is 11.7. The summed E-state index contributed by atoms with van der Waals surface area (Å²) in [6.45, 7) is 0. The highest BCUT2D eigenvalue weighted by atomic mass is 127. The van der Waals surface area contributed by atoms with Crippen molar-refractivity contribution in [2.45, 2.75) is 38.2 Å². The van der Waals surface area contributed by atoms with Crippen LogP contribution in [0.4, 0.5) is 0 Å². The standard InChI is InChI=1S/C10H15IN2OS/c1-14-8(7-5-3-2-4-6-7)9-12-10(11)15-13-9/h7-8H,2-6H2,1H3. The van der Waals surface area contributed by atoms with Gasteiger partial charge in [-0.25, -0.2) is 4.98 Å². The lowest BCUT2D eigenvalue weighted by molar-refractivity contribution is 0.0297. The Hall–Kier alpha value is 0.250. The molecule has 1 heterocycles. The molecule has 0 amide bonds. The molecule has 1 aliphatic rings. The number of ether oxygens (including phenoxy) is 1. The maximum Gasteiger partial charge on any atom is 0.174 e. The number of hydrogen-bond donors (Lipinski definition) is 0. The summed E-state index contributed by atoms with van der Waals surface area (Å²) in [5, 5.41) is 0. The highest BCUT2D eigenvalue weighted by Gasteiger charge is 2.27. The highest BCUT2D eigenvalue weighted by Crippen LogP contribution is 2.35. The molecular formula is C10H15IN2OS. The molecule has 0 aliphatic heterocycles. The zero-order valence-corrected chi connectivity index (χ0v) is 11.8. The van der Waals surface area contributed by atoms with Crippen LogP contribution in [-0.2, 0) is 4.74 Å². The van der Waals surface area contributed by atoms with Gasteiger partial charge >= 0.3 is 0 Å². The highest BCUT2D eigenvalue weighted by molar-refractivity contribution is 14.1. The maximum atomic E-state index is 5.57.